The van der Waals surface area contributed by atoms with E-state index in [0.29, 0.717) is 31.9 Å². The molecule has 0 radical (unpaired) electrons. The zero-order chi connectivity index (χ0) is 12.5. The second-order valence-electron chi connectivity index (χ2n) is 3.37. The van der Waals surface area contributed by atoms with Crippen LogP contribution in [0.4, 0.5) is 10.2 Å². The Balaban J connectivity index is 2.17. The van der Waals surface area contributed by atoms with Crippen LogP contribution in [0.1, 0.15) is 6.42 Å². The lowest BCUT2D eigenvalue weighted by Crippen LogP contribution is -2.28. The summed E-state index contributed by atoms with van der Waals surface area (Å²) >= 11 is 0. The summed E-state index contributed by atoms with van der Waals surface area (Å²) in [4.78, 5) is 14.9. The highest BCUT2D eigenvalue weighted by atomic mass is 19.1. The highest BCUT2D eigenvalue weighted by molar-refractivity contribution is 5.76. The van der Waals surface area contributed by atoms with Crippen LogP contribution in [-0.4, -0.2) is 37.7 Å². The molecule has 0 saturated carbocycles. The van der Waals surface area contributed by atoms with Gasteiger partial charge in [0.15, 0.2) is 0 Å². The van der Waals surface area contributed by atoms with Gasteiger partial charge in [0.25, 0.3) is 0 Å². The first-order valence-corrected chi connectivity index (χ1v) is 5.34. The number of halogens is 1. The fraction of sp³-hybridized carbons (Fsp3) is 0.455. The number of methoxy groups -OCH3 is 1. The Hall–Kier alpha value is -1.69. The molecule has 0 bridgehead atoms. The summed E-state index contributed by atoms with van der Waals surface area (Å²) in [6, 6.07) is 4.47. The molecule has 0 atom stereocenters. The fourth-order valence-corrected chi connectivity index (χ4v) is 1.19. The van der Waals surface area contributed by atoms with Crippen LogP contribution in [0.25, 0.3) is 0 Å². The van der Waals surface area contributed by atoms with E-state index in [2.05, 4.69) is 15.6 Å². The first-order chi connectivity index (χ1) is 8.22. The van der Waals surface area contributed by atoms with Crippen LogP contribution in [0, 0.1) is 5.95 Å². The SMILES string of the molecule is COCCNC(=O)CCNc1cccc(F)n1. The quantitative estimate of drug-likeness (QED) is 0.547. The van der Waals surface area contributed by atoms with E-state index < -0.39 is 5.95 Å². The number of ether oxygens (including phenoxy) is 1. The van der Waals surface area contributed by atoms with E-state index in [4.69, 9.17) is 4.74 Å². The van der Waals surface area contributed by atoms with Gasteiger partial charge in [0.05, 0.1) is 6.61 Å². The molecule has 0 fully saturated rings. The Morgan fingerprint density at radius 1 is 1.47 bits per heavy atom. The first kappa shape index (κ1) is 13.4. The van der Waals surface area contributed by atoms with Gasteiger partial charge in [-0.2, -0.15) is 4.39 Å². The minimum atomic E-state index is -0.542. The van der Waals surface area contributed by atoms with Crippen molar-refractivity contribution in [2.24, 2.45) is 0 Å². The summed E-state index contributed by atoms with van der Waals surface area (Å²) in [6.45, 7) is 1.40. The highest BCUT2D eigenvalue weighted by Crippen LogP contribution is 2.02. The van der Waals surface area contributed by atoms with Gasteiger partial charge in [0.1, 0.15) is 5.82 Å². The molecule has 1 heterocycles. The van der Waals surface area contributed by atoms with E-state index in [9.17, 15) is 9.18 Å². The molecule has 0 saturated heterocycles. The number of carbonyl (C=O) groups is 1. The molecule has 0 unspecified atom stereocenters. The van der Waals surface area contributed by atoms with Gasteiger partial charge in [-0.3, -0.25) is 4.79 Å². The molecule has 94 valence electrons. The third-order valence-electron chi connectivity index (χ3n) is 2.00. The molecule has 17 heavy (non-hydrogen) atoms. The molecule has 2 N–H and O–H groups in total. The Labute approximate surface area is 99.4 Å². The van der Waals surface area contributed by atoms with Crippen molar-refractivity contribution in [3.8, 4) is 0 Å². The molecule has 0 aliphatic heterocycles. The predicted octanol–water partition coefficient (Wildman–Crippen LogP) is 0.785. The molecule has 0 spiro atoms. The summed E-state index contributed by atoms with van der Waals surface area (Å²) in [7, 11) is 1.57. The Bertz CT molecular complexity index is 360. The first-order valence-electron chi connectivity index (χ1n) is 5.34. The summed E-state index contributed by atoms with van der Waals surface area (Å²) in [6.07, 6.45) is 0.307. The van der Waals surface area contributed by atoms with E-state index in [1.807, 2.05) is 0 Å². The van der Waals surface area contributed by atoms with Crippen molar-refractivity contribution in [1.29, 1.82) is 0 Å². The van der Waals surface area contributed by atoms with Crippen molar-refractivity contribution in [3.63, 3.8) is 0 Å². The van der Waals surface area contributed by atoms with Gasteiger partial charge in [-0.1, -0.05) is 6.07 Å². The fourth-order valence-electron chi connectivity index (χ4n) is 1.19. The predicted molar refractivity (Wildman–Crippen MR) is 62.2 cm³/mol. The number of carbonyl (C=O) groups excluding carboxylic acids is 1. The molecule has 1 rings (SSSR count). The van der Waals surface area contributed by atoms with Crippen molar-refractivity contribution in [2.45, 2.75) is 6.42 Å². The third kappa shape index (κ3) is 5.82. The smallest absolute Gasteiger partial charge is 0.221 e. The van der Waals surface area contributed by atoms with Crippen molar-refractivity contribution in [2.75, 3.05) is 32.1 Å². The maximum Gasteiger partial charge on any atom is 0.221 e. The number of hydrogen-bond acceptors (Lipinski definition) is 4. The van der Waals surface area contributed by atoms with E-state index in [1.165, 1.54) is 6.07 Å². The van der Waals surface area contributed by atoms with Gasteiger partial charge < -0.3 is 15.4 Å². The Morgan fingerprint density at radius 2 is 2.29 bits per heavy atom. The van der Waals surface area contributed by atoms with Gasteiger partial charge >= 0.3 is 0 Å². The van der Waals surface area contributed by atoms with Crippen molar-refractivity contribution >= 4 is 11.7 Å². The molecule has 1 aromatic rings. The number of rotatable bonds is 7. The lowest BCUT2D eigenvalue weighted by molar-refractivity contribution is -0.121. The number of amides is 1. The molecular weight excluding hydrogens is 225 g/mol. The van der Waals surface area contributed by atoms with Crippen LogP contribution in [0.3, 0.4) is 0 Å². The molecule has 1 aromatic heterocycles. The van der Waals surface area contributed by atoms with Gasteiger partial charge in [0.2, 0.25) is 11.9 Å². The monoisotopic (exact) mass is 241 g/mol. The lowest BCUT2D eigenvalue weighted by Gasteiger charge is -2.06. The lowest BCUT2D eigenvalue weighted by atomic mass is 10.4. The number of aromatic nitrogens is 1. The Morgan fingerprint density at radius 3 is 3.00 bits per heavy atom. The number of anilines is 1. The second-order valence-corrected chi connectivity index (χ2v) is 3.37. The van der Waals surface area contributed by atoms with Gasteiger partial charge in [-0.25, -0.2) is 4.98 Å². The van der Waals surface area contributed by atoms with Gasteiger partial charge in [-0.15, -0.1) is 0 Å². The molecule has 6 heteroatoms. The third-order valence-corrected chi connectivity index (χ3v) is 2.00. The molecule has 0 aliphatic carbocycles. The van der Waals surface area contributed by atoms with Crippen LogP contribution in [0.2, 0.25) is 0 Å². The zero-order valence-electron chi connectivity index (χ0n) is 9.70. The van der Waals surface area contributed by atoms with Gasteiger partial charge in [0, 0.05) is 26.6 Å². The number of nitrogens with zero attached hydrogens (tertiary/aromatic N) is 1. The van der Waals surface area contributed by atoms with E-state index >= 15 is 0 Å². The molecule has 1 amide bonds. The average molecular weight is 241 g/mol. The maximum atomic E-state index is 12.7. The molecule has 0 aliphatic rings. The van der Waals surface area contributed by atoms with Crippen molar-refractivity contribution in [1.82, 2.24) is 10.3 Å². The largest absolute Gasteiger partial charge is 0.383 e. The Kier molecular flexibility index (Phi) is 5.95. The van der Waals surface area contributed by atoms with E-state index in [-0.39, 0.29) is 5.91 Å². The van der Waals surface area contributed by atoms with E-state index in [1.54, 1.807) is 19.2 Å². The van der Waals surface area contributed by atoms with Crippen LogP contribution in [0.15, 0.2) is 18.2 Å². The highest BCUT2D eigenvalue weighted by Gasteiger charge is 2.01. The number of nitrogens with one attached hydrogen (secondary N) is 2. The summed E-state index contributed by atoms with van der Waals surface area (Å²) in [5.74, 6) is -0.194. The van der Waals surface area contributed by atoms with Crippen molar-refractivity contribution in [3.05, 3.63) is 24.1 Å². The average Bonchev–Trinajstić information content (AvgIpc) is 2.29. The second kappa shape index (κ2) is 7.56. The van der Waals surface area contributed by atoms with Crippen LogP contribution >= 0.6 is 0 Å². The maximum absolute atomic E-state index is 12.7. The van der Waals surface area contributed by atoms with Crippen LogP contribution in [0.5, 0.6) is 0 Å². The molecule has 5 nitrogen and oxygen atoms in total. The van der Waals surface area contributed by atoms with Crippen molar-refractivity contribution < 1.29 is 13.9 Å². The van der Waals surface area contributed by atoms with Gasteiger partial charge in [-0.05, 0) is 12.1 Å². The molecular formula is C11H16FN3O2. The minimum Gasteiger partial charge on any atom is -0.383 e. The number of pyridine rings is 1. The zero-order valence-corrected chi connectivity index (χ0v) is 9.70. The van der Waals surface area contributed by atoms with Crippen LogP contribution < -0.4 is 10.6 Å². The summed E-state index contributed by atoms with van der Waals surface area (Å²) in [5.41, 5.74) is 0. The normalized spacial score (nSPS) is 10.0. The molecule has 0 aromatic carbocycles. The topological polar surface area (TPSA) is 63.2 Å². The van der Waals surface area contributed by atoms with E-state index in [0.717, 1.165) is 0 Å². The summed E-state index contributed by atoms with van der Waals surface area (Å²) in [5, 5.41) is 5.55. The number of hydrogen-bond donors (Lipinski definition) is 2. The standard InChI is InChI=1S/C11H16FN3O2/c1-17-8-7-14-11(16)5-6-13-10-4-2-3-9(12)15-10/h2-4H,5-8H2,1H3,(H,13,15)(H,14,16). The summed E-state index contributed by atoms with van der Waals surface area (Å²) < 4.78 is 17.5. The minimum absolute atomic E-state index is 0.0778. The van der Waals surface area contributed by atoms with Crippen LogP contribution in [-0.2, 0) is 9.53 Å².